The molecule has 1 atom stereocenters. The summed E-state index contributed by atoms with van der Waals surface area (Å²) in [6.45, 7) is 6.39. The Labute approximate surface area is 186 Å². The summed E-state index contributed by atoms with van der Waals surface area (Å²) in [6.07, 6.45) is 9.60. The molecule has 0 saturated carbocycles. The molecule has 5 nitrogen and oxygen atoms in total. The maximum Gasteiger partial charge on any atom is 0.0638 e. The quantitative estimate of drug-likeness (QED) is 0.553. The van der Waals surface area contributed by atoms with Crippen LogP contribution in [0.15, 0.2) is 61.1 Å². The Kier molecular flexibility index (Phi) is 7.15. The summed E-state index contributed by atoms with van der Waals surface area (Å²) >= 11 is 0. The molecule has 0 amide bonds. The first-order valence-corrected chi connectivity index (χ1v) is 11.4. The third-order valence-electron chi connectivity index (χ3n) is 6.69. The molecule has 164 valence electrons. The molecular formula is C26H35N5. The fourth-order valence-corrected chi connectivity index (χ4v) is 4.97. The molecule has 0 N–H and O–H groups in total. The molecular weight excluding hydrogens is 382 g/mol. The largest absolute Gasteiger partial charge is 0.299 e. The van der Waals surface area contributed by atoms with Crippen molar-refractivity contribution in [1.29, 1.82) is 0 Å². The standard InChI is InChI=1S/C26H35N5/c1-21-25(20-30(3)28-21)19-29(2)26(16-22-8-5-4-6-9-22)24-11-14-31(15-12-24)18-23-10-7-13-27-17-23/h4-10,13,17,20,24,26H,11-12,14-16,18-19H2,1-3H3. The lowest BCUT2D eigenvalue weighted by atomic mass is 9.84. The molecule has 0 bridgehead atoms. The highest BCUT2D eigenvalue weighted by Gasteiger charge is 2.30. The van der Waals surface area contributed by atoms with Gasteiger partial charge in [-0.05, 0) is 69.4 Å². The van der Waals surface area contributed by atoms with Gasteiger partial charge in [0.15, 0.2) is 0 Å². The summed E-state index contributed by atoms with van der Waals surface area (Å²) < 4.78 is 1.93. The van der Waals surface area contributed by atoms with Crippen molar-refractivity contribution >= 4 is 0 Å². The number of hydrogen-bond donors (Lipinski definition) is 0. The second-order valence-electron chi connectivity index (χ2n) is 9.06. The molecule has 0 spiro atoms. The number of pyridine rings is 1. The van der Waals surface area contributed by atoms with Crippen LogP contribution < -0.4 is 0 Å². The lowest BCUT2D eigenvalue weighted by Gasteiger charge is -2.40. The Hall–Kier alpha value is -2.50. The summed E-state index contributed by atoms with van der Waals surface area (Å²) in [7, 11) is 4.30. The number of piperidine rings is 1. The van der Waals surface area contributed by atoms with Crippen LogP contribution in [0.25, 0.3) is 0 Å². The van der Waals surface area contributed by atoms with Crippen LogP contribution in [0.4, 0.5) is 0 Å². The molecule has 31 heavy (non-hydrogen) atoms. The van der Waals surface area contributed by atoms with Crippen molar-refractivity contribution in [3.05, 3.63) is 83.4 Å². The number of aromatic nitrogens is 3. The van der Waals surface area contributed by atoms with Crippen LogP contribution >= 0.6 is 0 Å². The number of likely N-dealkylation sites (N-methyl/N-ethyl adjacent to an activating group) is 1. The summed E-state index contributed by atoms with van der Waals surface area (Å²) in [5.41, 5.74) is 5.21. The van der Waals surface area contributed by atoms with Gasteiger partial charge in [-0.1, -0.05) is 36.4 Å². The van der Waals surface area contributed by atoms with Gasteiger partial charge < -0.3 is 0 Å². The van der Waals surface area contributed by atoms with E-state index < -0.39 is 0 Å². The zero-order valence-electron chi connectivity index (χ0n) is 19.1. The van der Waals surface area contributed by atoms with Crippen LogP contribution in [0.2, 0.25) is 0 Å². The predicted molar refractivity (Wildman–Crippen MR) is 126 cm³/mol. The monoisotopic (exact) mass is 417 g/mol. The van der Waals surface area contributed by atoms with E-state index in [2.05, 4.69) is 76.4 Å². The van der Waals surface area contributed by atoms with Crippen LogP contribution in [0, 0.1) is 12.8 Å². The average molecular weight is 418 g/mol. The topological polar surface area (TPSA) is 37.2 Å². The molecule has 0 aliphatic carbocycles. The second-order valence-corrected chi connectivity index (χ2v) is 9.06. The van der Waals surface area contributed by atoms with Gasteiger partial charge in [-0.2, -0.15) is 5.10 Å². The Morgan fingerprint density at radius 2 is 1.81 bits per heavy atom. The van der Waals surface area contributed by atoms with E-state index in [9.17, 15) is 0 Å². The summed E-state index contributed by atoms with van der Waals surface area (Å²) in [4.78, 5) is 9.42. The highest BCUT2D eigenvalue weighted by molar-refractivity contribution is 5.18. The smallest absolute Gasteiger partial charge is 0.0638 e. The zero-order valence-corrected chi connectivity index (χ0v) is 19.1. The van der Waals surface area contributed by atoms with Gasteiger partial charge in [-0.15, -0.1) is 0 Å². The SMILES string of the molecule is Cc1nn(C)cc1CN(C)C(Cc1ccccc1)C1CCN(Cc2cccnc2)CC1. The first kappa shape index (κ1) is 21.7. The van der Waals surface area contributed by atoms with Crippen molar-refractivity contribution in [3.8, 4) is 0 Å². The summed E-state index contributed by atoms with van der Waals surface area (Å²) in [5.74, 6) is 0.701. The number of benzene rings is 1. The molecule has 3 heterocycles. The molecule has 1 aromatic carbocycles. The van der Waals surface area contributed by atoms with Gasteiger partial charge in [0.25, 0.3) is 0 Å². The third-order valence-corrected chi connectivity index (χ3v) is 6.69. The van der Waals surface area contributed by atoms with E-state index in [0.29, 0.717) is 12.0 Å². The number of hydrogen-bond acceptors (Lipinski definition) is 4. The minimum atomic E-state index is 0.530. The van der Waals surface area contributed by atoms with E-state index in [-0.39, 0.29) is 0 Å². The van der Waals surface area contributed by atoms with Gasteiger partial charge in [-0.3, -0.25) is 19.5 Å². The van der Waals surface area contributed by atoms with E-state index in [1.165, 1.54) is 29.5 Å². The predicted octanol–water partition coefficient (Wildman–Crippen LogP) is 4.08. The van der Waals surface area contributed by atoms with E-state index in [4.69, 9.17) is 0 Å². The van der Waals surface area contributed by atoms with Gasteiger partial charge in [-0.25, -0.2) is 0 Å². The van der Waals surface area contributed by atoms with Crippen molar-refractivity contribution < 1.29 is 0 Å². The van der Waals surface area contributed by atoms with Crippen LogP contribution in [0.5, 0.6) is 0 Å². The third kappa shape index (κ3) is 5.81. The first-order chi connectivity index (χ1) is 15.1. The highest BCUT2D eigenvalue weighted by atomic mass is 15.3. The molecule has 4 rings (SSSR count). The van der Waals surface area contributed by atoms with Crippen molar-refractivity contribution in [2.75, 3.05) is 20.1 Å². The van der Waals surface area contributed by atoms with Crippen LogP contribution in [0.1, 0.15) is 35.2 Å². The molecule has 1 unspecified atom stereocenters. The molecule has 1 aliphatic rings. The molecule has 3 aromatic rings. The van der Waals surface area contributed by atoms with Gasteiger partial charge in [0, 0.05) is 50.3 Å². The second kappa shape index (κ2) is 10.2. The molecule has 1 aliphatic heterocycles. The minimum absolute atomic E-state index is 0.530. The number of likely N-dealkylation sites (tertiary alicyclic amines) is 1. The van der Waals surface area contributed by atoms with Crippen molar-refractivity contribution in [3.63, 3.8) is 0 Å². The van der Waals surface area contributed by atoms with E-state index >= 15 is 0 Å². The maximum absolute atomic E-state index is 4.55. The lowest BCUT2D eigenvalue weighted by Crippen LogP contribution is -2.45. The van der Waals surface area contributed by atoms with Crippen LogP contribution in [-0.2, 0) is 26.6 Å². The molecule has 0 radical (unpaired) electrons. The van der Waals surface area contributed by atoms with Crippen LogP contribution in [-0.4, -0.2) is 50.7 Å². The van der Waals surface area contributed by atoms with Crippen molar-refractivity contribution in [2.24, 2.45) is 13.0 Å². The molecule has 1 saturated heterocycles. The minimum Gasteiger partial charge on any atom is -0.299 e. The van der Waals surface area contributed by atoms with Gasteiger partial charge in [0.05, 0.1) is 5.69 Å². The lowest BCUT2D eigenvalue weighted by molar-refractivity contribution is 0.0953. The number of nitrogens with zero attached hydrogens (tertiary/aromatic N) is 5. The van der Waals surface area contributed by atoms with E-state index in [0.717, 1.165) is 38.3 Å². The first-order valence-electron chi connectivity index (χ1n) is 11.4. The van der Waals surface area contributed by atoms with E-state index in [1.807, 2.05) is 30.2 Å². The average Bonchev–Trinajstić information content (AvgIpc) is 3.10. The molecule has 2 aromatic heterocycles. The van der Waals surface area contributed by atoms with Gasteiger partial charge in [0.1, 0.15) is 0 Å². The fraction of sp³-hybridized carbons (Fsp3) is 0.462. The maximum atomic E-state index is 4.55. The van der Waals surface area contributed by atoms with Crippen molar-refractivity contribution in [2.45, 2.75) is 45.3 Å². The fourth-order valence-electron chi connectivity index (χ4n) is 4.97. The van der Waals surface area contributed by atoms with Crippen molar-refractivity contribution in [1.82, 2.24) is 24.6 Å². The highest BCUT2D eigenvalue weighted by Crippen LogP contribution is 2.28. The molecule has 1 fully saturated rings. The summed E-state index contributed by atoms with van der Waals surface area (Å²) in [5, 5.41) is 4.55. The number of rotatable bonds is 8. The van der Waals surface area contributed by atoms with Gasteiger partial charge >= 0.3 is 0 Å². The number of aryl methyl sites for hydroxylation is 2. The van der Waals surface area contributed by atoms with E-state index in [1.54, 1.807) is 0 Å². The summed E-state index contributed by atoms with van der Waals surface area (Å²) in [6, 6.07) is 15.7. The normalized spacial score (nSPS) is 16.6. The Morgan fingerprint density at radius 3 is 2.45 bits per heavy atom. The van der Waals surface area contributed by atoms with Crippen LogP contribution in [0.3, 0.4) is 0 Å². The Balaban J connectivity index is 1.43. The van der Waals surface area contributed by atoms with Gasteiger partial charge in [0.2, 0.25) is 0 Å². The molecule has 5 heteroatoms. The Morgan fingerprint density at radius 1 is 1.06 bits per heavy atom. The zero-order chi connectivity index (χ0) is 21.6. The Bertz CT molecular complexity index is 929.